The Morgan fingerprint density at radius 1 is 1.61 bits per heavy atom. The maximum atomic E-state index is 10.9. The van der Waals surface area contributed by atoms with Gasteiger partial charge >= 0.3 is 5.97 Å². The largest absolute Gasteiger partial charge is 0.478 e. The van der Waals surface area contributed by atoms with E-state index in [1.54, 1.807) is 34.7 Å². The zero-order valence-corrected chi connectivity index (χ0v) is 9.66. The molecule has 0 fully saturated rings. The van der Waals surface area contributed by atoms with Gasteiger partial charge < -0.3 is 5.11 Å². The van der Waals surface area contributed by atoms with Crippen LogP contribution in [0.3, 0.4) is 0 Å². The third kappa shape index (κ3) is 1.48. The molecule has 3 aromatic rings. The van der Waals surface area contributed by atoms with Gasteiger partial charge in [-0.1, -0.05) is 0 Å². The minimum absolute atomic E-state index is 0.607. The summed E-state index contributed by atoms with van der Waals surface area (Å²) in [6.45, 7) is 1.63. The molecule has 18 heavy (non-hydrogen) atoms. The quantitative estimate of drug-likeness (QED) is 0.591. The number of H-pyrrole nitrogens is 2. The first kappa shape index (κ1) is 10.6. The van der Waals surface area contributed by atoms with Crippen LogP contribution in [0.2, 0.25) is 0 Å². The highest BCUT2D eigenvalue weighted by Crippen LogP contribution is 2.20. The topological polar surface area (TPSA) is 90.1 Å². The number of imidazole rings is 2. The third-order valence-electron chi connectivity index (χ3n) is 2.97. The van der Waals surface area contributed by atoms with E-state index in [1.165, 1.54) is 0 Å². The van der Waals surface area contributed by atoms with Gasteiger partial charge in [-0.3, -0.25) is 5.10 Å². The van der Waals surface area contributed by atoms with Gasteiger partial charge in [0.2, 0.25) is 6.33 Å². The Hall–Kier alpha value is -2.57. The van der Waals surface area contributed by atoms with Crippen molar-refractivity contribution in [2.24, 2.45) is 0 Å². The van der Waals surface area contributed by atoms with Gasteiger partial charge in [0.05, 0.1) is 5.56 Å². The van der Waals surface area contributed by atoms with Crippen LogP contribution >= 0.6 is 0 Å². The van der Waals surface area contributed by atoms with E-state index in [9.17, 15) is 4.79 Å². The van der Waals surface area contributed by atoms with E-state index in [2.05, 4.69) is 15.1 Å². The Bertz CT molecular complexity index is 708. The maximum absolute atomic E-state index is 10.9. The van der Waals surface area contributed by atoms with E-state index in [1.807, 2.05) is 12.4 Å². The number of rotatable bonds is 3. The molecule has 0 saturated heterocycles. The fourth-order valence-corrected chi connectivity index (χ4v) is 1.87. The van der Waals surface area contributed by atoms with E-state index < -0.39 is 12.0 Å². The second-order valence-electron chi connectivity index (χ2n) is 4.09. The fraction of sp³-hybridized carbons (Fsp3) is 0.182. The number of nitrogens with zero attached hydrogens (tertiary/aromatic N) is 3. The van der Waals surface area contributed by atoms with Crippen LogP contribution in [0.15, 0.2) is 31.1 Å². The molecule has 3 heterocycles. The number of aromatic amines is 2. The number of nitrogens with one attached hydrogen (secondary N) is 2. The van der Waals surface area contributed by atoms with Gasteiger partial charge in [0.25, 0.3) is 0 Å². The average Bonchev–Trinajstić information content (AvgIpc) is 3.02. The molecule has 0 bridgehead atoms. The van der Waals surface area contributed by atoms with Crippen molar-refractivity contribution in [3.05, 3.63) is 31.1 Å². The molecule has 0 aliphatic rings. The Morgan fingerprint density at radius 3 is 3.22 bits per heavy atom. The predicted molar refractivity (Wildman–Crippen MR) is 61.9 cm³/mol. The Kier molecular flexibility index (Phi) is 2.19. The average molecular weight is 246 g/mol. The minimum Gasteiger partial charge on any atom is -0.478 e. The normalized spacial score (nSPS) is 12.9. The molecule has 0 radical (unpaired) electrons. The summed E-state index contributed by atoms with van der Waals surface area (Å²) >= 11 is 0. The molecule has 0 spiro atoms. The first-order valence-corrected chi connectivity index (χ1v) is 5.49. The van der Waals surface area contributed by atoms with Gasteiger partial charge in [-0.15, -0.1) is 0 Å². The summed E-state index contributed by atoms with van der Waals surface area (Å²) in [6.07, 6.45) is 8.74. The lowest BCUT2D eigenvalue weighted by atomic mass is 10.2. The van der Waals surface area contributed by atoms with Gasteiger partial charge in [0.15, 0.2) is 17.4 Å². The lowest BCUT2D eigenvalue weighted by Gasteiger charge is -1.98. The van der Waals surface area contributed by atoms with Gasteiger partial charge in [0.1, 0.15) is 6.20 Å². The highest BCUT2D eigenvalue weighted by atomic mass is 16.4. The molecule has 7 heteroatoms. The number of carbonyl (C=O) groups is 1. The number of fused-ring (bicyclic) bond motifs is 1. The Balaban J connectivity index is 2.03. The molecule has 0 saturated carbocycles. The Morgan fingerprint density at radius 2 is 2.44 bits per heavy atom. The first-order valence-electron chi connectivity index (χ1n) is 5.49. The van der Waals surface area contributed by atoms with Gasteiger partial charge in [-0.2, -0.15) is 0 Å². The zero-order chi connectivity index (χ0) is 12.7. The fourth-order valence-electron chi connectivity index (χ4n) is 1.87. The van der Waals surface area contributed by atoms with E-state index in [0.717, 1.165) is 16.9 Å². The van der Waals surface area contributed by atoms with E-state index >= 15 is 0 Å². The van der Waals surface area contributed by atoms with Crippen LogP contribution in [-0.2, 0) is 4.79 Å². The number of hydrogen-bond donors (Lipinski definition) is 3. The monoisotopic (exact) mass is 246 g/mol. The molecule has 3 rings (SSSR count). The van der Waals surface area contributed by atoms with Crippen molar-refractivity contribution in [1.29, 1.82) is 0 Å². The van der Waals surface area contributed by atoms with Crippen LogP contribution in [0, 0.1) is 0 Å². The molecule has 0 aliphatic heterocycles. The van der Waals surface area contributed by atoms with Gasteiger partial charge in [0, 0.05) is 18.6 Å². The van der Waals surface area contributed by atoms with Crippen molar-refractivity contribution in [2.75, 3.05) is 0 Å². The number of hydrogen-bond acceptors (Lipinski definition) is 2. The summed E-state index contributed by atoms with van der Waals surface area (Å²) in [6, 6.07) is -0.607. The molecule has 0 amide bonds. The maximum Gasteiger partial charge on any atom is 0.349 e. The lowest BCUT2D eigenvalue weighted by Crippen LogP contribution is -2.40. The first-order chi connectivity index (χ1) is 8.66. The standard InChI is InChI=1S/C11H11N5O2/c1-7(11(17)18)15-5-9(13-6-15)8-4-14-16-3-2-12-10(8)16/h2-7H,1H3,(H2,12,14,17,18)/p+1/t7-/m0/s1. The third-order valence-corrected chi connectivity index (χ3v) is 2.97. The number of aliphatic carboxylic acids is 1. The molecule has 3 N–H and O–H groups in total. The van der Waals surface area contributed by atoms with Crippen molar-refractivity contribution in [3.63, 3.8) is 0 Å². The molecule has 0 unspecified atom stereocenters. The summed E-state index contributed by atoms with van der Waals surface area (Å²) in [5.41, 5.74) is 2.52. The predicted octanol–water partition coefficient (Wildman–Crippen LogP) is 0.591. The van der Waals surface area contributed by atoms with E-state index in [-0.39, 0.29) is 0 Å². The Labute approximate surface area is 102 Å². The molecule has 1 atom stereocenters. The van der Waals surface area contributed by atoms with Crippen molar-refractivity contribution in [2.45, 2.75) is 13.0 Å². The minimum atomic E-state index is -0.870. The summed E-state index contributed by atoms with van der Waals surface area (Å²) in [5.74, 6) is -0.870. The highest BCUT2D eigenvalue weighted by Gasteiger charge is 2.21. The molecule has 7 nitrogen and oxygen atoms in total. The summed E-state index contributed by atoms with van der Waals surface area (Å²) in [4.78, 5) is 18.2. The second-order valence-corrected chi connectivity index (χ2v) is 4.09. The molecule has 3 aromatic heterocycles. The number of aromatic nitrogens is 5. The molecule has 0 aliphatic carbocycles. The van der Waals surface area contributed by atoms with Crippen molar-refractivity contribution in [1.82, 2.24) is 19.6 Å². The molecule has 92 valence electrons. The van der Waals surface area contributed by atoms with Crippen molar-refractivity contribution in [3.8, 4) is 11.3 Å². The molecule has 0 aromatic carbocycles. The summed E-state index contributed by atoms with van der Waals surface area (Å²) < 4.78 is 3.41. The van der Waals surface area contributed by atoms with Gasteiger partial charge in [-0.05, 0) is 6.92 Å². The molecular weight excluding hydrogens is 234 g/mol. The highest BCUT2D eigenvalue weighted by molar-refractivity contribution is 5.73. The van der Waals surface area contributed by atoms with Crippen LogP contribution in [0.25, 0.3) is 16.9 Å². The van der Waals surface area contributed by atoms with Crippen molar-refractivity contribution >= 4 is 11.6 Å². The van der Waals surface area contributed by atoms with Crippen molar-refractivity contribution < 1.29 is 14.5 Å². The van der Waals surface area contributed by atoms with Crippen LogP contribution < -0.4 is 4.57 Å². The van der Waals surface area contributed by atoms with Gasteiger partial charge in [-0.25, -0.2) is 23.8 Å². The van der Waals surface area contributed by atoms with E-state index in [4.69, 9.17) is 5.11 Å². The summed E-state index contributed by atoms with van der Waals surface area (Å²) in [5, 5.41) is 12.0. The SMILES string of the molecule is C[C@@H](C(=O)O)[n+]1c[nH]c(-c2c[nH]n3ccnc23)c1. The van der Waals surface area contributed by atoms with Crippen LogP contribution in [0.1, 0.15) is 13.0 Å². The zero-order valence-electron chi connectivity index (χ0n) is 9.66. The van der Waals surface area contributed by atoms with Crippen LogP contribution in [-0.4, -0.2) is 30.7 Å². The summed E-state index contributed by atoms with van der Waals surface area (Å²) in [7, 11) is 0. The number of carboxylic acid groups (broad SMARTS) is 1. The van der Waals surface area contributed by atoms with Crippen LogP contribution in [0.5, 0.6) is 0 Å². The van der Waals surface area contributed by atoms with E-state index in [0.29, 0.717) is 0 Å². The smallest absolute Gasteiger partial charge is 0.349 e. The lowest BCUT2D eigenvalue weighted by molar-refractivity contribution is -0.706. The molecular formula is C11H12N5O2+. The number of carboxylic acids is 1. The second kappa shape index (κ2) is 3.73. The van der Waals surface area contributed by atoms with Crippen LogP contribution in [0.4, 0.5) is 0 Å².